The first kappa shape index (κ1) is 17.9. The third kappa shape index (κ3) is 7.45. The third-order valence-electron chi connectivity index (χ3n) is 2.83. The van der Waals surface area contributed by atoms with E-state index in [0.717, 1.165) is 5.56 Å². The summed E-state index contributed by atoms with van der Waals surface area (Å²) in [6.45, 7) is 1.79. The summed E-state index contributed by atoms with van der Waals surface area (Å²) in [5.41, 5.74) is 0.965. The average Bonchev–Trinajstić information content (AvgIpc) is 2.37. The predicted octanol–water partition coefficient (Wildman–Crippen LogP) is 2.14. The average molecular weight is 334 g/mol. The summed E-state index contributed by atoms with van der Waals surface area (Å²) in [7, 11) is -2.13. The fraction of sp³-hybridized carbons (Fsp3) is 0.500. The zero-order valence-electron chi connectivity index (χ0n) is 12.1. The van der Waals surface area contributed by atoms with Crippen molar-refractivity contribution in [2.24, 2.45) is 0 Å². The van der Waals surface area contributed by atoms with Gasteiger partial charge in [-0.3, -0.25) is 4.79 Å². The van der Waals surface area contributed by atoms with E-state index in [9.17, 15) is 13.2 Å². The van der Waals surface area contributed by atoms with Gasteiger partial charge in [0.2, 0.25) is 10.0 Å². The van der Waals surface area contributed by atoms with E-state index < -0.39 is 16.0 Å². The molecule has 0 aliphatic heterocycles. The van der Waals surface area contributed by atoms with Gasteiger partial charge in [0, 0.05) is 17.5 Å². The maximum atomic E-state index is 11.9. The molecule has 0 saturated carbocycles. The van der Waals surface area contributed by atoms with Crippen LogP contribution in [0.3, 0.4) is 0 Å². The molecule has 1 atom stereocenters. The van der Waals surface area contributed by atoms with E-state index in [2.05, 4.69) is 9.46 Å². The lowest BCUT2D eigenvalue weighted by molar-refractivity contribution is -0.140. The second-order valence-electron chi connectivity index (χ2n) is 4.85. The maximum Gasteiger partial charge on any atom is 0.305 e. The molecule has 0 aliphatic rings. The summed E-state index contributed by atoms with van der Waals surface area (Å²) in [6, 6.07) is 7.06. The SMILES string of the molecule is COC(=O)CCCS(=O)(=O)NC(C)Cc1cccc(Cl)c1. The Morgan fingerprint density at radius 2 is 2.14 bits per heavy atom. The first-order valence-electron chi connectivity index (χ1n) is 6.63. The molecule has 0 aliphatic carbocycles. The molecule has 0 radical (unpaired) electrons. The summed E-state index contributed by atoms with van der Waals surface area (Å²) in [6.07, 6.45) is 0.892. The Labute approximate surface area is 130 Å². The summed E-state index contributed by atoms with van der Waals surface area (Å²) in [5, 5.41) is 0.626. The van der Waals surface area contributed by atoms with Gasteiger partial charge in [-0.25, -0.2) is 13.1 Å². The van der Waals surface area contributed by atoms with Crippen LogP contribution in [0.4, 0.5) is 0 Å². The molecular weight excluding hydrogens is 314 g/mol. The molecule has 21 heavy (non-hydrogen) atoms. The molecule has 0 fully saturated rings. The first-order chi connectivity index (χ1) is 9.82. The van der Waals surface area contributed by atoms with Gasteiger partial charge in [0.25, 0.3) is 0 Å². The molecule has 1 rings (SSSR count). The van der Waals surface area contributed by atoms with E-state index in [1.807, 2.05) is 18.2 Å². The highest BCUT2D eigenvalue weighted by atomic mass is 35.5. The Morgan fingerprint density at radius 1 is 1.43 bits per heavy atom. The van der Waals surface area contributed by atoms with E-state index in [0.29, 0.717) is 11.4 Å². The van der Waals surface area contributed by atoms with Gasteiger partial charge in [0.05, 0.1) is 12.9 Å². The van der Waals surface area contributed by atoms with Crippen molar-refractivity contribution in [3.05, 3.63) is 34.9 Å². The quantitative estimate of drug-likeness (QED) is 0.740. The van der Waals surface area contributed by atoms with E-state index in [1.165, 1.54) is 7.11 Å². The highest BCUT2D eigenvalue weighted by Crippen LogP contribution is 2.12. The Balaban J connectivity index is 2.45. The summed E-state index contributed by atoms with van der Waals surface area (Å²) in [4.78, 5) is 10.9. The normalized spacial score (nSPS) is 12.9. The number of benzene rings is 1. The van der Waals surface area contributed by atoms with Gasteiger partial charge >= 0.3 is 5.97 Å². The molecule has 7 heteroatoms. The lowest BCUT2D eigenvalue weighted by atomic mass is 10.1. The van der Waals surface area contributed by atoms with Crippen LogP contribution in [0.1, 0.15) is 25.3 Å². The predicted molar refractivity (Wildman–Crippen MR) is 82.8 cm³/mol. The first-order valence-corrected chi connectivity index (χ1v) is 8.66. The molecule has 5 nitrogen and oxygen atoms in total. The van der Waals surface area contributed by atoms with Crippen molar-refractivity contribution in [1.29, 1.82) is 0 Å². The summed E-state index contributed by atoms with van der Waals surface area (Å²) < 4.78 is 30.8. The van der Waals surface area contributed by atoms with Gasteiger partial charge in [0.15, 0.2) is 0 Å². The van der Waals surface area contributed by atoms with Gasteiger partial charge in [-0.05, 0) is 37.5 Å². The molecule has 0 bridgehead atoms. The van der Waals surface area contributed by atoms with Crippen LogP contribution in [0.25, 0.3) is 0 Å². The minimum Gasteiger partial charge on any atom is -0.469 e. The number of hydrogen-bond acceptors (Lipinski definition) is 4. The Morgan fingerprint density at radius 3 is 2.76 bits per heavy atom. The standard InChI is InChI=1S/C14H20ClNO4S/c1-11(9-12-5-3-6-13(15)10-12)16-21(18,19)8-4-7-14(17)20-2/h3,5-6,10-11,16H,4,7-9H2,1-2H3. The number of halogens is 1. The van der Waals surface area contributed by atoms with Crippen molar-refractivity contribution >= 4 is 27.6 Å². The van der Waals surface area contributed by atoms with Crippen molar-refractivity contribution in [2.75, 3.05) is 12.9 Å². The molecule has 0 saturated heterocycles. The van der Waals surface area contributed by atoms with Crippen LogP contribution in [-0.4, -0.2) is 33.3 Å². The van der Waals surface area contributed by atoms with Crippen LogP contribution >= 0.6 is 11.6 Å². The van der Waals surface area contributed by atoms with Crippen molar-refractivity contribution in [3.63, 3.8) is 0 Å². The Hall–Kier alpha value is -1.11. The Kier molecular flexibility index (Phi) is 7.14. The van der Waals surface area contributed by atoms with Crippen molar-refractivity contribution in [3.8, 4) is 0 Å². The second-order valence-corrected chi connectivity index (χ2v) is 7.16. The molecule has 118 valence electrons. The fourth-order valence-corrected chi connectivity index (χ4v) is 3.48. The van der Waals surface area contributed by atoms with Crippen molar-refractivity contribution < 1.29 is 17.9 Å². The monoisotopic (exact) mass is 333 g/mol. The Bertz CT molecular complexity index is 574. The van der Waals surface area contributed by atoms with Crippen molar-refractivity contribution in [1.82, 2.24) is 4.72 Å². The summed E-state index contributed by atoms with van der Waals surface area (Å²) in [5.74, 6) is -0.501. The molecule has 1 aromatic rings. The molecular formula is C14H20ClNO4S. The van der Waals surface area contributed by atoms with Crippen LogP contribution < -0.4 is 4.72 Å². The zero-order chi connectivity index (χ0) is 15.9. The van der Waals surface area contributed by atoms with Crippen LogP contribution in [0.15, 0.2) is 24.3 Å². The van der Waals surface area contributed by atoms with Crippen LogP contribution in [0.2, 0.25) is 5.02 Å². The lowest BCUT2D eigenvalue weighted by Crippen LogP contribution is -2.35. The van der Waals surface area contributed by atoms with E-state index in [1.54, 1.807) is 13.0 Å². The third-order valence-corrected chi connectivity index (χ3v) is 4.66. The number of esters is 1. The summed E-state index contributed by atoms with van der Waals surface area (Å²) >= 11 is 5.89. The minimum absolute atomic E-state index is 0.0953. The van der Waals surface area contributed by atoms with Gasteiger partial charge in [-0.15, -0.1) is 0 Å². The number of sulfonamides is 1. The van der Waals surface area contributed by atoms with E-state index in [-0.39, 0.29) is 24.6 Å². The molecule has 1 unspecified atom stereocenters. The molecule has 1 N–H and O–H groups in total. The number of hydrogen-bond donors (Lipinski definition) is 1. The van der Waals surface area contributed by atoms with Crippen LogP contribution in [0, 0.1) is 0 Å². The smallest absolute Gasteiger partial charge is 0.305 e. The van der Waals surface area contributed by atoms with E-state index in [4.69, 9.17) is 11.6 Å². The number of nitrogens with one attached hydrogen (secondary N) is 1. The number of methoxy groups -OCH3 is 1. The van der Waals surface area contributed by atoms with Crippen LogP contribution in [-0.2, 0) is 26.0 Å². The number of ether oxygens (including phenoxy) is 1. The van der Waals surface area contributed by atoms with Gasteiger partial charge in [0.1, 0.15) is 0 Å². The van der Waals surface area contributed by atoms with Gasteiger partial charge in [-0.1, -0.05) is 23.7 Å². The topological polar surface area (TPSA) is 72.5 Å². The zero-order valence-corrected chi connectivity index (χ0v) is 13.7. The molecule has 0 heterocycles. The van der Waals surface area contributed by atoms with Crippen LogP contribution in [0.5, 0.6) is 0 Å². The van der Waals surface area contributed by atoms with E-state index >= 15 is 0 Å². The highest BCUT2D eigenvalue weighted by molar-refractivity contribution is 7.89. The largest absolute Gasteiger partial charge is 0.469 e. The van der Waals surface area contributed by atoms with Gasteiger partial charge < -0.3 is 4.74 Å². The van der Waals surface area contributed by atoms with Crippen molar-refractivity contribution in [2.45, 2.75) is 32.2 Å². The molecule has 1 aromatic carbocycles. The number of carbonyl (C=O) groups is 1. The van der Waals surface area contributed by atoms with Gasteiger partial charge in [-0.2, -0.15) is 0 Å². The molecule has 0 spiro atoms. The fourth-order valence-electron chi connectivity index (χ4n) is 1.93. The lowest BCUT2D eigenvalue weighted by Gasteiger charge is -2.14. The maximum absolute atomic E-state index is 11.9. The molecule has 0 aromatic heterocycles. The molecule has 0 amide bonds. The minimum atomic E-state index is -3.41. The second kappa shape index (κ2) is 8.36. The number of carbonyl (C=O) groups excluding carboxylic acids is 1. The number of rotatable bonds is 8. The highest BCUT2D eigenvalue weighted by Gasteiger charge is 2.15.